The first-order valence-corrected chi connectivity index (χ1v) is 7.56. The molecule has 0 fully saturated rings. The minimum Gasteiger partial charge on any atom is -0.199 e. The summed E-state index contributed by atoms with van der Waals surface area (Å²) < 4.78 is 1.74. The standard InChI is InChI=1S/C14H13ClN4S/c1-9-5-3-4-6-11(9)7-20-13-10(2)12(15)18-14-16-8-17-19(13)14/h3-6,8H,7H2,1-2H3. The van der Waals surface area contributed by atoms with Crippen LogP contribution in [0.5, 0.6) is 0 Å². The van der Waals surface area contributed by atoms with Crippen LogP contribution in [-0.4, -0.2) is 19.6 Å². The van der Waals surface area contributed by atoms with Crippen LogP contribution < -0.4 is 0 Å². The maximum Gasteiger partial charge on any atom is 0.254 e. The third-order valence-corrected chi connectivity index (χ3v) is 4.75. The van der Waals surface area contributed by atoms with Crippen LogP contribution in [-0.2, 0) is 5.75 Å². The lowest BCUT2D eigenvalue weighted by Gasteiger charge is -2.09. The summed E-state index contributed by atoms with van der Waals surface area (Å²) in [5, 5.41) is 5.69. The zero-order chi connectivity index (χ0) is 14.1. The van der Waals surface area contributed by atoms with Crippen molar-refractivity contribution in [3.8, 4) is 0 Å². The highest BCUT2D eigenvalue weighted by atomic mass is 35.5. The molecular weight excluding hydrogens is 292 g/mol. The minimum absolute atomic E-state index is 0.484. The molecule has 0 unspecified atom stereocenters. The van der Waals surface area contributed by atoms with E-state index in [1.54, 1.807) is 16.3 Å². The van der Waals surface area contributed by atoms with Crippen LogP contribution in [0.1, 0.15) is 16.7 Å². The third kappa shape index (κ3) is 2.39. The van der Waals surface area contributed by atoms with E-state index in [4.69, 9.17) is 11.6 Å². The Kier molecular flexibility index (Phi) is 3.63. The molecule has 0 aliphatic rings. The van der Waals surface area contributed by atoms with Crippen molar-refractivity contribution >= 4 is 29.1 Å². The Morgan fingerprint density at radius 2 is 2.05 bits per heavy atom. The molecule has 6 heteroatoms. The van der Waals surface area contributed by atoms with Gasteiger partial charge in [-0.2, -0.15) is 19.6 Å². The number of benzene rings is 1. The van der Waals surface area contributed by atoms with Crippen LogP contribution in [0, 0.1) is 13.8 Å². The molecule has 0 radical (unpaired) electrons. The lowest BCUT2D eigenvalue weighted by molar-refractivity contribution is 0.825. The Bertz CT molecular complexity index is 769. The number of aryl methyl sites for hydroxylation is 1. The summed E-state index contributed by atoms with van der Waals surface area (Å²) in [6, 6.07) is 8.36. The van der Waals surface area contributed by atoms with Crippen LogP contribution in [0.15, 0.2) is 35.6 Å². The highest BCUT2D eigenvalue weighted by molar-refractivity contribution is 7.98. The van der Waals surface area contributed by atoms with E-state index in [2.05, 4.69) is 40.2 Å². The zero-order valence-corrected chi connectivity index (χ0v) is 12.7. The average Bonchev–Trinajstić information content (AvgIpc) is 2.89. The monoisotopic (exact) mass is 304 g/mol. The average molecular weight is 305 g/mol. The zero-order valence-electron chi connectivity index (χ0n) is 11.2. The number of fused-ring (bicyclic) bond motifs is 1. The Morgan fingerprint density at radius 1 is 1.25 bits per heavy atom. The first kappa shape index (κ1) is 13.4. The van der Waals surface area contributed by atoms with Crippen molar-refractivity contribution in [2.24, 2.45) is 0 Å². The molecule has 2 heterocycles. The normalized spacial score (nSPS) is 11.2. The third-order valence-electron chi connectivity index (χ3n) is 3.18. The smallest absolute Gasteiger partial charge is 0.199 e. The van der Waals surface area contributed by atoms with Gasteiger partial charge in [-0.3, -0.25) is 0 Å². The SMILES string of the molecule is Cc1ccccc1CSc1c(C)c(Cl)nc2ncnn12. The Labute approximate surface area is 126 Å². The molecule has 0 N–H and O–H groups in total. The van der Waals surface area contributed by atoms with Gasteiger partial charge in [-0.15, -0.1) is 11.8 Å². The summed E-state index contributed by atoms with van der Waals surface area (Å²) in [6.45, 7) is 4.07. The Balaban J connectivity index is 1.97. The van der Waals surface area contributed by atoms with Crippen molar-refractivity contribution in [1.29, 1.82) is 0 Å². The van der Waals surface area contributed by atoms with Crippen molar-refractivity contribution in [3.63, 3.8) is 0 Å². The van der Waals surface area contributed by atoms with Gasteiger partial charge in [0.1, 0.15) is 16.5 Å². The second-order valence-electron chi connectivity index (χ2n) is 4.52. The number of hydrogen-bond acceptors (Lipinski definition) is 4. The molecule has 102 valence electrons. The highest BCUT2D eigenvalue weighted by Gasteiger charge is 2.13. The van der Waals surface area contributed by atoms with Gasteiger partial charge in [0.15, 0.2) is 0 Å². The van der Waals surface area contributed by atoms with Crippen molar-refractivity contribution in [2.75, 3.05) is 0 Å². The molecule has 0 saturated heterocycles. The topological polar surface area (TPSA) is 43.1 Å². The van der Waals surface area contributed by atoms with Gasteiger partial charge in [-0.1, -0.05) is 35.9 Å². The second kappa shape index (κ2) is 5.42. The Morgan fingerprint density at radius 3 is 2.85 bits per heavy atom. The number of aromatic nitrogens is 4. The molecule has 0 saturated carbocycles. The van der Waals surface area contributed by atoms with Gasteiger partial charge in [0.25, 0.3) is 5.78 Å². The number of hydrogen-bond donors (Lipinski definition) is 0. The molecule has 0 atom stereocenters. The van der Waals surface area contributed by atoms with Gasteiger partial charge in [0.05, 0.1) is 0 Å². The van der Waals surface area contributed by atoms with Crippen LogP contribution in [0.25, 0.3) is 5.78 Å². The van der Waals surface area contributed by atoms with Gasteiger partial charge in [-0.05, 0) is 25.0 Å². The largest absolute Gasteiger partial charge is 0.254 e. The van der Waals surface area contributed by atoms with Crippen molar-refractivity contribution in [3.05, 3.63) is 52.4 Å². The van der Waals surface area contributed by atoms with Crippen LogP contribution in [0.3, 0.4) is 0 Å². The van der Waals surface area contributed by atoms with E-state index in [0.717, 1.165) is 16.3 Å². The summed E-state index contributed by atoms with van der Waals surface area (Å²) in [6.07, 6.45) is 1.50. The van der Waals surface area contributed by atoms with Gasteiger partial charge >= 0.3 is 0 Å². The molecule has 2 aromatic heterocycles. The van der Waals surface area contributed by atoms with E-state index in [0.29, 0.717) is 10.9 Å². The van der Waals surface area contributed by atoms with Crippen molar-refractivity contribution in [2.45, 2.75) is 24.6 Å². The molecule has 0 spiro atoms. The van der Waals surface area contributed by atoms with Crippen LogP contribution in [0.2, 0.25) is 5.15 Å². The fourth-order valence-electron chi connectivity index (χ4n) is 1.96. The van der Waals surface area contributed by atoms with Gasteiger partial charge in [0, 0.05) is 11.3 Å². The van der Waals surface area contributed by atoms with E-state index >= 15 is 0 Å². The van der Waals surface area contributed by atoms with Gasteiger partial charge in [-0.25, -0.2) is 0 Å². The summed E-state index contributed by atoms with van der Waals surface area (Å²) >= 11 is 7.86. The molecular formula is C14H13ClN4S. The van der Waals surface area contributed by atoms with Crippen molar-refractivity contribution < 1.29 is 0 Å². The quantitative estimate of drug-likeness (QED) is 0.547. The van der Waals surface area contributed by atoms with Crippen molar-refractivity contribution in [1.82, 2.24) is 19.6 Å². The molecule has 3 aromatic rings. The molecule has 1 aromatic carbocycles. The lowest BCUT2D eigenvalue weighted by atomic mass is 10.1. The second-order valence-corrected chi connectivity index (χ2v) is 5.84. The van der Waals surface area contributed by atoms with E-state index in [9.17, 15) is 0 Å². The van der Waals surface area contributed by atoms with Gasteiger partial charge in [0.2, 0.25) is 0 Å². The summed E-state index contributed by atoms with van der Waals surface area (Å²) in [5.74, 6) is 1.40. The van der Waals surface area contributed by atoms with E-state index < -0.39 is 0 Å². The molecule has 0 bridgehead atoms. The Hall–Kier alpha value is -1.59. The summed E-state index contributed by atoms with van der Waals surface area (Å²) in [7, 11) is 0. The van der Waals surface area contributed by atoms with Gasteiger partial charge < -0.3 is 0 Å². The molecule has 4 nitrogen and oxygen atoms in total. The predicted octanol–water partition coefficient (Wildman–Crippen LogP) is 3.69. The number of halogens is 1. The first-order chi connectivity index (χ1) is 9.66. The predicted molar refractivity (Wildman–Crippen MR) is 81.3 cm³/mol. The molecule has 20 heavy (non-hydrogen) atoms. The molecule has 0 aliphatic heterocycles. The minimum atomic E-state index is 0.484. The maximum atomic E-state index is 6.16. The van der Waals surface area contributed by atoms with Crippen LogP contribution in [0.4, 0.5) is 0 Å². The highest BCUT2D eigenvalue weighted by Crippen LogP contribution is 2.29. The van der Waals surface area contributed by atoms with Crippen LogP contribution >= 0.6 is 23.4 Å². The van der Waals surface area contributed by atoms with E-state index in [1.165, 1.54) is 17.5 Å². The van der Waals surface area contributed by atoms with E-state index in [1.807, 2.05) is 13.0 Å². The summed E-state index contributed by atoms with van der Waals surface area (Å²) in [5.41, 5.74) is 3.52. The first-order valence-electron chi connectivity index (χ1n) is 6.20. The molecule has 3 rings (SSSR count). The maximum absolute atomic E-state index is 6.16. The number of thioether (sulfide) groups is 1. The fraction of sp³-hybridized carbons (Fsp3) is 0.214. The fourth-order valence-corrected chi connectivity index (χ4v) is 3.36. The molecule has 0 aliphatic carbocycles. The summed E-state index contributed by atoms with van der Waals surface area (Å²) in [4.78, 5) is 8.31. The van der Waals surface area contributed by atoms with E-state index in [-0.39, 0.29) is 0 Å². The lowest BCUT2D eigenvalue weighted by Crippen LogP contribution is -2.00. The molecule has 0 amide bonds. The number of rotatable bonds is 3. The number of nitrogens with zero attached hydrogens (tertiary/aromatic N) is 4.